The molecule has 0 aromatic carbocycles. The quantitative estimate of drug-likeness (QED) is 0.622. The second kappa shape index (κ2) is 6.80. The third kappa shape index (κ3) is 2.58. The van der Waals surface area contributed by atoms with E-state index < -0.39 is 9.87 Å². The maximum absolute atomic E-state index is 13.9. The molecule has 0 saturated carbocycles. The average molecular weight is 432 g/mol. The van der Waals surface area contributed by atoms with E-state index in [1.807, 2.05) is 47.0 Å². The van der Waals surface area contributed by atoms with Crippen molar-refractivity contribution in [1.29, 1.82) is 0 Å². The summed E-state index contributed by atoms with van der Waals surface area (Å²) < 4.78 is 12.0. The van der Waals surface area contributed by atoms with E-state index in [0.717, 1.165) is 35.9 Å². The highest BCUT2D eigenvalue weighted by Crippen LogP contribution is 2.68. The third-order valence-electron chi connectivity index (χ3n) is 6.01. The number of carbonyl (C=O) groups is 1. The van der Waals surface area contributed by atoms with Crippen LogP contribution in [0.5, 0.6) is 0 Å². The predicted molar refractivity (Wildman–Crippen MR) is 112 cm³/mol. The first-order chi connectivity index (χ1) is 12.6. The summed E-state index contributed by atoms with van der Waals surface area (Å²) in [5.41, 5.74) is 1.00. The standard InChI is InChI=1S/C18H25NO3S4/c1-16-12-17(21-6-7-22-17)5-4-13(16)19(15-23-8-2-9-24-15)14(20)18(16)25-10-3-11-26-18/h4,15H,2-3,5-12H2,1H3. The minimum Gasteiger partial charge on any atom is -0.347 e. The lowest BCUT2D eigenvalue weighted by Gasteiger charge is -2.48. The van der Waals surface area contributed by atoms with Gasteiger partial charge in [-0.15, -0.1) is 47.0 Å². The Labute approximate surface area is 172 Å². The van der Waals surface area contributed by atoms with Crippen LogP contribution in [0.1, 0.15) is 32.6 Å². The van der Waals surface area contributed by atoms with Crippen LogP contribution in [-0.2, 0) is 14.3 Å². The fourth-order valence-electron chi connectivity index (χ4n) is 4.86. The summed E-state index contributed by atoms with van der Waals surface area (Å²) in [5, 5.41) is 0. The van der Waals surface area contributed by atoms with Crippen LogP contribution in [0.3, 0.4) is 0 Å². The van der Waals surface area contributed by atoms with Gasteiger partial charge in [-0.3, -0.25) is 9.69 Å². The topological polar surface area (TPSA) is 38.8 Å². The van der Waals surface area contributed by atoms with Crippen LogP contribution >= 0.6 is 47.0 Å². The number of hydrogen-bond acceptors (Lipinski definition) is 7. The van der Waals surface area contributed by atoms with Gasteiger partial charge in [0.2, 0.25) is 0 Å². The van der Waals surface area contributed by atoms with Gasteiger partial charge in [-0.05, 0) is 35.9 Å². The van der Waals surface area contributed by atoms with E-state index in [4.69, 9.17) is 9.47 Å². The zero-order valence-electron chi connectivity index (χ0n) is 15.0. The van der Waals surface area contributed by atoms with Crippen LogP contribution in [0.25, 0.3) is 0 Å². The van der Waals surface area contributed by atoms with Crippen molar-refractivity contribution in [3.63, 3.8) is 0 Å². The molecule has 0 aromatic heterocycles. The Morgan fingerprint density at radius 1 is 1.08 bits per heavy atom. The van der Waals surface area contributed by atoms with Crippen molar-refractivity contribution in [2.45, 2.75) is 47.2 Å². The highest BCUT2D eigenvalue weighted by Gasteiger charge is 2.70. The summed E-state index contributed by atoms with van der Waals surface area (Å²) in [5.74, 6) is 4.23. The monoisotopic (exact) mass is 431 g/mol. The largest absolute Gasteiger partial charge is 0.347 e. The van der Waals surface area contributed by atoms with E-state index in [1.165, 1.54) is 18.5 Å². The maximum Gasteiger partial charge on any atom is 0.255 e. The second-order valence-electron chi connectivity index (χ2n) is 7.65. The number of ether oxygens (including phenoxy) is 2. The van der Waals surface area contributed by atoms with Crippen molar-refractivity contribution in [2.24, 2.45) is 5.41 Å². The van der Waals surface area contributed by atoms with Crippen molar-refractivity contribution in [2.75, 3.05) is 36.2 Å². The van der Waals surface area contributed by atoms with Gasteiger partial charge < -0.3 is 9.47 Å². The highest BCUT2D eigenvalue weighted by molar-refractivity contribution is 8.20. The normalized spacial score (nSPS) is 36.6. The van der Waals surface area contributed by atoms with Crippen molar-refractivity contribution in [3.8, 4) is 0 Å². The minimum absolute atomic E-state index is 0.226. The van der Waals surface area contributed by atoms with Gasteiger partial charge in [0.1, 0.15) is 4.71 Å². The van der Waals surface area contributed by atoms with E-state index in [-0.39, 0.29) is 10.1 Å². The number of nitrogens with zero attached hydrogens (tertiary/aromatic N) is 1. The lowest BCUT2D eigenvalue weighted by Crippen LogP contribution is -2.50. The SMILES string of the molecule is CC12CC3(CC=C1N(C1SCCCS1)C(=O)C21SCCCS1)OCCO3. The Morgan fingerprint density at radius 3 is 2.42 bits per heavy atom. The summed E-state index contributed by atoms with van der Waals surface area (Å²) in [6, 6.07) is 0. The summed E-state index contributed by atoms with van der Waals surface area (Å²) in [6.07, 6.45) is 6.24. The molecule has 8 heteroatoms. The van der Waals surface area contributed by atoms with Gasteiger partial charge in [-0.2, -0.15) is 0 Å². The Balaban J connectivity index is 1.59. The van der Waals surface area contributed by atoms with Crippen LogP contribution in [0, 0.1) is 5.41 Å². The molecule has 4 saturated heterocycles. The first-order valence-electron chi connectivity index (χ1n) is 9.44. The summed E-state index contributed by atoms with van der Waals surface area (Å²) in [7, 11) is 0. The number of rotatable bonds is 1. The zero-order valence-corrected chi connectivity index (χ0v) is 18.3. The summed E-state index contributed by atoms with van der Waals surface area (Å²) in [4.78, 5) is 16.1. The molecule has 1 aliphatic carbocycles. The summed E-state index contributed by atoms with van der Waals surface area (Å²) >= 11 is 7.63. The molecule has 0 radical (unpaired) electrons. The van der Waals surface area contributed by atoms with E-state index in [2.05, 4.69) is 17.9 Å². The molecule has 0 bridgehead atoms. The van der Waals surface area contributed by atoms with Crippen LogP contribution < -0.4 is 0 Å². The van der Waals surface area contributed by atoms with Crippen molar-refractivity contribution < 1.29 is 14.3 Å². The highest BCUT2D eigenvalue weighted by atomic mass is 32.2. The van der Waals surface area contributed by atoms with Gasteiger partial charge in [0.15, 0.2) is 9.87 Å². The van der Waals surface area contributed by atoms with Crippen molar-refractivity contribution in [1.82, 2.24) is 4.90 Å². The number of fused-ring (bicyclic) bond motifs is 2. The molecule has 0 aromatic rings. The van der Waals surface area contributed by atoms with Crippen molar-refractivity contribution in [3.05, 3.63) is 11.8 Å². The number of hydrogen-bond donors (Lipinski definition) is 0. The van der Waals surface area contributed by atoms with Crippen LogP contribution in [0.2, 0.25) is 0 Å². The molecular weight excluding hydrogens is 406 g/mol. The number of allylic oxidation sites excluding steroid dienone is 1. The Morgan fingerprint density at radius 2 is 1.73 bits per heavy atom. The molecule has 4 heterocycles. The molecule has 1 unspecified atom stereocenters. The van der Waals surface area contributed by atoms with Gasteiger partial charge >= 0.3 is 0 Å². The fourth-order valence-corrected chi connectivity index (χ4v) is 11.3. The van der Waals surface area contributed by atoms with E-state index in [0.29, 0.717) is 19.1 Å². The molecule has 5 rings (SSSR count). The molecule has 1 atom stereocenters. The molecular formula is C18H25NO3S4. The molecule has 26 heavy (non-hydrogen) atoms. The fraction of sp³-hybridized carbons (Fsp3) is 0.833. The van der Waals surface area contributed by atoms with E-state index in [1.54, 1.807) is 0 Å². The van der Waals surface area contributed by atoms with Gasteiger partial charge in [0.05, 0.1) is 13.2 Å². The molecule has 4 nitrogen and oxygen atoms in total. The number of likely N-dealkylation sites (tertiary alicyclic amines) is 1. The molecule has 0 N–H and O–H groups in total. The van der Waals surface area contributed by atoms with Crippen LogP contribution in [0.4, 0.5) is 0 Å². The maximum atomic E-state index is 13.9. The predicted octanol–water partition coefficient (Wildman–Crippen LogP) is 3.98. The number of amides is 1. The Hall–Kier alpha value is 0.530. The lowest BCUT2D eigenvalue weighted by atomic mass is 9.74. The average Bonchev–Trinajstić information content (AvgIpc) is 3.18. The van der Waals surface area contributed by atoms with Gasteiger partial charge in [-0.1, -0.05) is 13.0 Å². The molecule has 4 aliphatic heterocycles. The van der Waals surface area contributed by atoms with Gasteiger partial charge in [0, 0.05) is 24.0 Å². The summed E-state index contributed by atoms with van der Waals surface area (Å²) in [6.45, 7) is 3.63. The molecule has 1 amide bonds. The third-order valence-corrected chi connectivity index (χ3v) is 12.6. The number of carbonyl (C=O) groups excluding carboxylic acids is 1. The molecule has 5 aliphatic rings. The first kappa shape index (κ1) is 18.6. The van der Waals surface area contributed by atoms with Crippen LogP contribution in [0.15, 0.2) is 11.8 Å². The molecule has 2 spiro atoms. The molecule has 4 fully saturated rings. The zero-order chi connectivity index (χ0) is 17.8. The van der Waals surface area contributed by atoms with Gasteiger partial charge in [0.25, 0.3) is 5.91 Å². The van der Waals surface area contributed by atoms with Crippen molar-refractivity contribution >= 4 is 53.0 Å². The Kier molecular flexibility index (Phi) is 4.85. The molecule has 144 valence electrons. The minimum atomic E-state index is -0.521. The number of thioether (sulfide) groups is 4. The van der Waals surface area contributed by atoms with Gasteiger partial charge in [-0.25, -0.2) is 0 Å². The Bertz CT molecular complexity index is 624. The first-order valence-corrected chi connectivity index (χ1v) is 13.5. The van der Waals surface area contributed by atoms with Crippen LogP contribution in [-0.4, -0.2) is 61.6 Å². The van der Waals surface area contributed by atoms with E-state index >= 15 is 0 Å². The second-order valence-corrected chi connectivity index (χ2v) is 13.2. The smallest absolute Gasteiger partial charge is 0.255 e. The lowest BCUT2D eigenvalue weighted by molar-refractivity contribution is -0.178. The van der Waals surface area contributed by atoms with E-state index in [9.17, 15) is 4.79 Å².